The Bertz CT molecular complexity index is 308. The van der Waals surface area contributed by atoms with Gasteiger partial charge in [-0.3, -0.25) is 0 Å². The van der Waals surface area contributed by atoms with Gasteiger partial charge in [-0.25, -0.2) is 20.4 Å². The zero-order chi connectivity index (χ0) is 12.7. The number of rotatable bonds is 4. The van der Waals surface area contributed by atoms with Gasteiger partial charge in [0.25, 0.3) is 0 Å². The molecule has 9 heteroatoms. The third kappa shape index (κ3) is 5.81. The van der Waals surface area contributed by atoms with Gasteiger partial charge in [-0.15, -0.1) is 11.6 Å². The molecule has 0 radical (unpaired) electrons. The van der Waals surface area contributed by atoms with Gasteiger partial charge in [0, 0.05) is 0 Å². The molecule has 0 unspecified atom stereocenters. The number of nitrogens with zero attached hydrogens (tertiary/aromatic N) is 2. The summed E-state index contributed by atoms with van der Waals surface area (Å²) in [5, 5.41) is 6.53. The summed E-state index contributed by atoms with van der Waals surface area (Å²) in [7, 11) is 0. The van der Waals surface area contributed by atoms with Crippen LogP contribution >= 0.6 is 11.6 Å². The van der Waals surface area contributed by atoms with Gasteiger partial charge in [0.05, 0.1) is 11.4 Å². The van der Waals surface area contributed by atoms with Crippen molar-refractivity contribution in [1.82, 2.24) is 10.9 Å². The fourth-order valence-corrected chi connectivity index (χ4v) is 0.800. The molecule has 0 bridgehead atoms. The van der Waals surface area contributed by atoms with Crippen molar-refractivity contribution in [3.8, 4) is 0 Å². The van der Waals surface area contributed by atoms with Crippen molar-refractivity contribution in [3.05, 3.63) is 0 Å². The molecular weight excluding hydrogens is 236 g/mol. The van der Waals surface area contributed by atoms with E-state index in [0.717, 1.165) is 0 Å². The Morgan fingerprint density at radius 1 is 1.06 bits per heavy atom. The highest BCUT2D eigenvalue weighted by atomic mass is 35.5. The lowest BCUT2D eigenvalue weighted by Gasteiger charge is -2.08. The maximum absolute atomic E-state index is 10.4. The zero-order valence-electron chi connectivity index (χ0n) is 8.82. The summed E-state index contributed by atoms with van der Waals surface area (Å²) in [4.78, 5) is 20.7. The Morgan fingerprint density at radius 3 is 1.62 bits per heavy atom. The molecule has 0 aromatic rings. The number of carbonyl (C=O) groups excluding carboxylic acids is 2. The van der Waals surface area contributed by atoms with Gasteiger partial charge in [-0.1, -0.05) is 0 Å². The van der Waals surface area contributed by atoms with Gasteiger partial charge < -0.3 is 11.5 Å². The fourth-order valence-electron chi connectivity index (χ4n) is 0.702. The van der Waals surface area contributed by atoms with Crippen LogP contribution in [0, 0.1) is 0 Å². The van der Waals surface area contributed by atoms with Crippen LogP contribution in [-0.2, 0) is 0 Å². The number of halogens is 1. The summed E-state index contributed by atoms with van der Waals surface area (Å²) in [5.41, 5.74) is 14.4. The molecule has 0 aliphatic rings. The zero-order valence-corrected chi connectivity index (χ0v) is 9.58. The van der Waals surface area contributed by atoms with E-state index < -0.39 is 17.4 Å². The van der Waals surface area contributed by atoms with E-state index in [2.05, 4.69) is 10.2 Å². The molecule has 6 N–H and O–H groups in total. The number of urea groups is 2. The predicted molar refractivity (Wildman–Crippen MR) is 61.3 cm³/mol. The second kappa shape index (κ2) is 6.62. The van der Waals surface area contributed by atoms with Crippen LogP contribution in [0.3, 0.4) is 0 Å². The maximum atomic E-state index is 10.4. The first-order chi connectivity index (χ1) is 7.34. The summed E-state index contributed by atoms with van der Waals surface area (Å²) in [6, 6.07) is -1.60. The Hall–Kier alpha value is -1.83. The molecule has 8 nitrogen and oxygen atoms in total. The first kappa shape index (κ1) is 14.2. The van der Waals surface area contributed by atoms with E-state index in [9.17, 15) is 9.59 Å². The highest BCUT2D eigenvalue weighted by Gasteiger charge is 2.12. The molecule has 0 aromatic carbocycles. The molecule has 0 atom stereocenters. The van der Waals surface area contributed by atoms with Crippen molar-refractivity contribution in [3.63, 3.8) is 0 Å². The third-order valence-electron chi connectivity index (χ3n) is 1.42. The molecule has 0 spiro atoms. The fraction of sp³-hybridized carbons (Fsp3) is 0.429. The van der Waals surface area contributed by atoms with Crippen LogP contribution in [0.5, 0.6) is 0 Å². The Kier molecular flexibility index (Phi) is 5.86. The summed E-state index contributed by atoms with van der Waals surface area (Å²) in [5.74, 6) is 0. The van der Waals surface area contributed by atoms with Crippen LogP contribution in [0.15, 0.2) is 10.2 Å². The molecule has 0 aromatic heterocycles. The topological polar surface area (TPSA) is 135 Å². The SMILES string of the molecule is C/C(=N\NC(N)=O)C(Cl)/C(C)=N/NC(N)=O. The van der Waals surface area contributed by atoms with E-state index in [0.29, 0.717) is 11.4 Å². The molecular formula is C7H13ClN6O2. The quantitative estimate of drug-likeness (QED) is 0.308. The van der Waals surface area contributed by atoms with E-state index in [1.807, 2.05) is 10.9 Å². The third-order valence-corrected chi connectivity index (χ3v) is 2.05. The second-order valence-corrected chi connectivity index (χ2v) is 3.26. The number of nitrogens with two attached hydrogens (primary N) is 2. The molecule has 0 heterocycles. The largest absolute Gasteiger partial charge is 0.350 e. The van der Waals surface area contributed by atoms with E-state index in [-0.39, 0.29) is 0 Å². The predicted octanol–water partition coefficient (Wildman–Crippen LogP) is -0.318. The highest BCUT2D eigenvalue weighted by Crippen LogP contribution is 2.01. The van der Waals surface area contributed by atoms with Crippen molar-refractivity contribution in [2.75, 3.05) is 0 Å². The lowest BCUT2D eigenvalue weighted by Crippen LogP contribution is -2.31. The standard InChI is InChI=1S/C7H13ClN6O2/c1-3(11-13-6(9)15)5(8)4(2)12-14-7(10)16/h5H,1-2H3,(H3,9,13,15)(H3,10,14,16)/b11-3+,12-4+. The van der Waals surface area contributed by atoms with Crippen LogP contribution in [0.4, 0.5) is 9.59 Å². The van der Waals surface area contributed by atoms with Gasteiger partial charge in [0.1, 0.15) is 5.38 Å². The van der Waals surface area contributed by atoms with Crippen molar-refractivity contribution >= 4 is 35.1 Å². The summed E-state index contributed by atoms with van der Waals surface area (Å²) in [6.45, 7) is 3.13. The average Bonchev–Trinajstić information content (AvgIpc) is 2.21. The minimum absolute atomic E-state index is 0.369. The van der Waals surface area contributed by atoms with E-state index in [1.165, 1.54) is 0 Å². The first-order valence-corrected chi connectivity index (χ1v) is 4.61. The van der Waals surface area contributed by atoms with Gasteiger partial charge in [0.15, 0.2) is 0 Å². The number of hydrazone groups is 2. The maximum Gasteiger partial charge on any atom is 0.332 e. The van der Waals surface area contributed by atoms with E-state index in [1.54, 1.807) is 13.8 Å². The lowest BCUT2D eigenvalue weighted by molar-refractivity contribution is 0.248. The van der Waals surface area contributed by atoms with Crippen molar-refractivity contribution in [1.29, 1.82) is 0 Å². The van der Waals surface area contributed by atoms with Gasteiger partial charge in [0.2, 0.25) is 0 Å². The minimum atomic E-state index is -0.798. The number of primary amides is 2. The molecule has 0 saturated carbocycles. The molecule has 0 aliphatic carbocycles. The molecule has 4 amide bonds. The first-order valence-electron chi connectivity index (χ1n) is 4.18. The smallest absolute Gasteiger partial charge is 0.332 e. The van der Waals surface area contributed by atoms with E-state index >= 15 is 0 Å². The molecule has 0 rings (SSSR count). The molecule has 0 saturated heterocycles. The molecule has 0 fully saturated rings. The number of hydrogen-bond donors (Lipinski definition) is 4. The summed E-state index contributed by atoms with van der Waals surface area (Å²) in [6.07, 6.45) is 0. The highest BCUT2D eigenvalue weighted by molar-refractivity contribution is 6.43. The normalized spacial score (nSPS) is 14.2. The monoisotopic (exact) mass is 248 g/mol. The Labute approximate surface area is 97.1 Å². The lowest BCUT2D eigenvalue weighted by atomic mass is 10.2. The Balaban J connectivity index is 4.47. The van der Waals surface area contributed by atoms with Crippen LogP contribution < -0.4 is 22.3 Å². The van der Waals surface area contributed by atoms with Crippen LogP contribution in [0.2, 0.25) is 0 Å². The average molecular weight is 249 g/mol. The van der Waals surface area contributed by atoms with Gasteiger partial charge >= 0.3 is 12.1 Å². The minimum Gasteiger partial charge on any atom is -0.350 e. The van der Waals surface area contributed by atoms with Gasteiger partial charge in [-0.05, 0) is 13.8 Å². The number of amides is 4. The van der Waals surface area contributed by atoms with Crippen molar-refractivity contribution < 1.29 is 9.59 Å². The van der Waals surface area contributed by atoms with Crippen LogP contribution in [0.1, 0.15) is 13.8 Å². The van der Waals surface area contributed by atoms with Gasteiger partial charge in [-0.2, -0.15) is 10.2 Å². The summed E-state index contributed by atoms with van der Waals surface area (Å²) < 4.78 is 0. The number of carbonyl (C=O) groups is 2. The molecule has 0 aliphatic heterocycles. The second-order valence-electron chi connectivity index (χ2n) is 2.82. The van der Waals surface area contributed by atoms with E-state index in [4.69, 9.17) is 23.1 Å². The summed E-state index contributed by atoms with van der Waals surface area (Å²) >= 11 is 5.90. The number of hydrogen-bond acceptors (Lipinski definition) is 4. The van der Waals surface area contributed by atoms with Crippen LogP contribution in [0.25, 0.3) is 0 Å². The van der Waals surface area contributed by atoms with Crippen LogP contribution in [-0.4, -0.2) is 28.9 Å². The molecule has 90 valence electrons. The number of nitrogens with one attached hydrogen (secondary N) is 2. The Morgan fingerprint density at radius 2 is 1.38 bits per heavy atom. The van der Waals surface area contributed by atoms with Crippen molar-refractivity contribution in [2.24, 2.45) is 21.7 Å². The molecule has 16 heavy (non-hydrogen) atoms. The van der Waals surface area contributed by atoms with Crippen molar-refractivity contribution in [2.45, 2.75) is 19.2 Å². The number of alkyl halides is 1.